The summed E-state index contributed by atoms with van der Waals surface area (Å²) in [5.74, 6) is -0.374. The molecule has 0 aromatic carbocycles. The second-order valence-electron chi connectivity index (χ2n) is 22.6. The summed E-state index contributed by atoms with van der Waals surface area (Å²) in [6.07, 6.45) is 40.0. The number of ether oxygens (including phenoxy) is 6. The van der Waals surface area contributed by atoms with E-state index >= 15 is 0 Å². The van der Waals surface area contributed by atoms with Crippen LogP contribution < -0.4 is 0 Å². The van der Waals surface area contributed by atoms with Gasteiger partial charge in [0.05, 0.1) is 26.4 Å². The number of unbranched alkanes of at least 4 members (excludes halogenated alkanes) is 37. The lowest BCUT2D eigenvalue weighted by Crippen LogP contribution is -2.61. The van der Waals surface area contributed by atoms with Crippen LogP contribution in [0.5, 0.6) is 0 Å². The molecule has 2 fully saturated rings. The summed E-state index contributed by atoms with van der Waals surface area (Å²) >= 11 is 0. The fraction of sp³-hybridized carbons (Fsp3) is 0.952. The number of aliphatic hydroxyl groups excluding tert-OH is 7. The van der Waals surface area contributed by atoms with Crippen LogP contribution in [0.25, 0.3) is 0 Å². The zero-order valence-corrected chi connectivity index (χ0v) is 48.5. The molecule has 2 rings (SSSR count). The molecule has 11 atom stereocenters. The van der Waals surface area contributed by atoms with Gasteiger partial charge in [-0.3, -0.25) is 4.79 Å². The molecule has 0 aromatic heterocycles. The average molecular weight is 1090 g/mol. The molecule has 0 radical (unpaired) electrons. The Hall–Kier alpha value is -1.27. The van der Waals surface area contributed by atoms with Gasteiger partial charge >= 0.3 is 5.97 Å². The summed E-state index contributed by atoms with van der Waals surface area (Å²) in [5.41, 5.74) is 0. The first-order valence-corrected chi connectivity index (χ1v) is 31.8. The highest BCUT2D eigenvalue weighted by Crippen LogP contribution is 2.27. The molecule has 0 spiro atoms. The van der Waals surface area contributed by atoms with Crippen LogP contribution in [0.4, 0.5) is 0 Å². The molecule has 0 amide bonds. The molecular formula is C62H118O14. The van der Waals surface area contributed by atoms with Gasteiger partial charge in [0.1, 0.15) is 54.9 Å². The average Bonchev–Trinajstić information content (AvgIpc) is 3.42. The number of esters is 1. The molecule has 11 unspecified atom stereocenters. The smallest absolute Gasteiger partial charge is 0.306 e. The quantitative estimate of drug-likeness (QED) is 0.0172. The highest BCUT2D eigenvalue weighted by atomic mass is 16.7. The number of hydrogen-bond acceptors (Lipinski definition) is 14. The van der Waals surface area contributed by atoms with Crippen molar-refractivity contribution < 1.29 is 69.0 Å². The summed E-state index contributed by atoms with van der Waals surface area (Å²) in [4.78, 5) is 13.1. The minimum Gasteiger partial charge on any atom is -0.457 e. The molecule has 2 saturated heterocycles. The summed E-state index contributed by atoms with van der Waals surface area (Å²) in [6.45, 7) is 3.75. The van der Waals surface area contributed by atoms with E-state index in [1.807, 2.05) is 0 Å². The van der Waals surface area contributed by atoms with Crippen molar-refractivity contribution >= 4 is 5.97 Å². The van der Waals surface area contributed by atoms with Crippen LogP contribution in [0.2, 0.25) is 0 Å². The van der Waals surface area contributed by atoms with Crippen LogP contribution in [0.15, 0.2) is 12.2 Å². The molecule has 0 aromatic rings. The maximum atomic E-state index is 13.1. The van der Waals surface area contributed by atoms with Crippen molar-refractivity contribution in [3.63, 3.8) is 0 Å². The van der Waals surface area contributed by atoms with E-state index in [0.29, 0.717) is 13.0 Å². The minimum atomic E-state index is -1.70. The highest BCUT2D eigenvalue weighted by Gasteiger charge is 2.47. The van der Waals surface area contributed by atoms with E-state index < -0.39 is 80.7 Å². The van der Waals surface area contributed by atoms with E-state index in [-0.39, 0.29) is 25.6 Å². The second kappa shape index (κ2) is 49.5. The van der Waals surface area contributed by atoms with Gasteiger partial charge in [-0.15, -0.1) is 0 Å². The minimum absolute atomic E-state index is 0.0665. The topological polar surface area (TPSA) is 214 Å². The van der Waals surface area contributed by atoms with E-state index in [1.54, 1.807) is 0 Å². The summed E-state index contributed by atoms with van der Waals surface area (Å²) < 4.78 is 34.5. The van der Waals surface area contributed by atoms with Gasteiger partial charge in [0.15, 0.2) is 12.6 Å². The Morgan fingerprint density at radius 2 is 0.776 bits per heavy atom. The molecule has 0 bridgehead atoms. The molecule has 450 valence electrons. The molecule has 0 saturated carbocycles. The van der Waals surface area contributed by atoms with Crippen LogP contribution >= 0.6 is 0 Å². The SMILES string of the molecule is CCCCCCCC/C=C\CCCCCCCCCC(=O)OC(COCCCCCCCCCCCCCCCCCCCCCCCCCCC)COC1OC(COC2OC(CO)C(O)C(O)C2O)C(O)C(O)C1O. The lowest BCUT2D eigenvalue weighted by Gasteiger charge is -2.42. The van der Waals surface area contributed by atoms with Gasteiger partial charge in [-0.05, 0) is 38.5 Å². The predicted molar refractivity (Wildman–Crippen MR) is 303 cm³/mol. The molecule has 14 heteroatoms. The van der Waals surface area contributed by atoms with Crippen molar-refractivity contribution in [3.05, 3.63) is 12.2 Å². The Balaban J connectivity index is 1.66. The van der Waals surface area contributed by atoms with Gasteiger partial charge in [-0.2, -0.15) is 0 Å². The Labute approximate surface area is 463 Å². The van der Waals surface area contributed by atoms with Crippen LogP contribution in [0, 0.1) is 0 Å². The third kappa shape index (κ3) is 35.5. The van der Waals surface area contributed by atoms with Crippen LogP contribution in [-0.4, -0.2) is 142 Å². The lowest BCUT2D eigenvalue weighted by molar-refractivity contribution is -0.332. The molecule has 14 nitrogen and oxygen atoms in total. The van der Waals surface area contributed by atoms with Crippen molar-refractivity contribution in [3.8, 4) is 0 Å². The van der Waals surface area contributed by atoms with E-state index in [4.69, 9.17) is 28.4 Å². The largest absolute Gasteiger partial charge is 0.457 e. The Kier molecular flexibility index (Phi) is 46.2. The molecule has 2 heterocycles. The van der Waals surface area contributed by atoms with Gasteiger partial charge in [0.2, 0.25) is 0 Å². The van der Waals surface area contributed by atoms with Crippen molar-refractivity contribution in [1.82, 2.24) is 0 Å². The standard InChI is InChI=1S/C62H118O14/c1-3-5-7-9-11-13-15-17-19-21-22-23-24-25-26-27-28-30-32-34-36-38-40-42-44-46-71-48-51(74-54(64)45-43-41-39-37-35-33-31-29-20-18-16-14-12-10-8-6-4-2)49-72-61-60(70)58(68)56(66)53(76-61)50-73-62-59(69)57(67)55(65)52(47-63)75-62/h18,20,51-53,55-63,65-70H,3-17,19,21-50H2,1-2H3/b20-18-. The fourth-order valence-electron chi connectivity index (χ4n) is 10.4. The number of aliphatic hydroxyl groups is 7. The highest BCUT2D eigenvalue weighted by molar-refractivity contribution is 5.69. The van der Waals surface area contributed by atoms with Crippen molar-refractivity contribution in [2.75, 3.05) is 33.0 Å². The predicted octanol–water partition coefficient (Wildman–Crippen LogP) is 12.1. The van der Waals surface area contributed by atoms with Crippen LogP contribution in [-0.2, 0) is 33.2 Å². The third-order valence-corrected chi connectivity index (χ3v) is 15.5. The molecule has 76 heavy (non-hydrogen) atoms. The maximum Gasteiger partial charge on any atom is 0.306 e. The van der Waals surface area contributed by atoms with Gasteiger partial charge in [-0.25, -0.2) is 0 Å². The summed E-state index contributed by atoms with van der Waals surface area (Å²) in [7, 11) is 0. The Morgan fingerprint density at radius 3 is 1.20 bits per heavy atom. The van der Waals surface area contributed by atoms with Crippen molar-refractivity contribution in [2.45, 2.75) is 345 Å². The molecular weight excluding hydrogens is 969 g/mol. The number of rotatable bonds is 53. The number of hydrogen-bond donors (Lipinski definition) is 7. The summed E-state index contributed by atoms with van der Waals surface area (Å²) in [6, 6.07) is 0. The van der Waals surface area contributed by atoms with Gasteiger partial charge in [0.25, 0.3) is 0 Å². The maximum absolute atomic E-state index is 13.1. The van der Waals surface area contributed by atoms with Crippen LogP contribution in [0.3, 0.4) is 0 Å². The van der Waals surface area contributed by atoms with E-state index in [9.17, 15) is 40.5 Å². The molecule has 7 N–H and O–H groups in total. The first-order chi connectivity index (χ1) is 37.1. The third-order valence-electron chi connectivity index (χ3n) is 15.5. The second-order valence-corrected chi connectivity index (χ2v) is 22.6. The van der Waals surface area contributed by atoms with Gasteiger partial charge in [0, 0.05) is 13.0 Å². The fourth-order valence-corrected chi connectivity index (χ4v) is 10.4. The lowest BCUT2D eigenvalue weighted by atomic mass is 9.98. The number of carbonyl (C=O) groups is 1. The van der Waals surface area contributed by atoms with E-state index in [0.717, 1.165) is 44.9 Å². The van der Waals surface area contributed by atoms with Crippen molar-refractivity contribution in [2.24, 2.45) is 0 Å². The first-order valence-electron chi connectivity index (χ1n) is 31.8. The molecule has 2 aliphatic rings. The number of carbonyl (C=O) groups excluding carboxylic acids is 1. The Bertz CT molecular complexity index is 1310. The normalized spacial score (nSPS) is 24.4. The zero-order chi connectivity index (χ0) is 55.1. The molecule has 0 aliphatic carbocycles. The van der Waals surface area contributed by atoms with Gasteiger partial charge < -0.3 is 64.2 Å². The first kappa shape index (κ1) is 70.8. The van der Waals surface area contributed by atoms with Crippen LogP contribution in [0.1, 0.15) is 277 Å². The molecule has 2 aliphatic heterocycles. The number of allylic oxidation sites excluding steroid dienone is 2. The summed E-state index contributed by atoms with van der Waals surface area (Å²) in [5, 5.41) is 72.4. The zero-order valence-electron chi connectivity index (χ0n) is 48.5. The van der Waals surface area contributed by atoms with Gasteiger partial charge in [-0.1, -0.05) is 244 Å². The van der Waals surface area contributed by atoms with E-state index in [2.05, 4.69) is 26.0 Å². The Morgan fingerprint density at radius 1 is 0.421 bits per heavy atom. The monoisotopic (exact) mass is 1090 g/mol. The van der Waals surface area contributed by atoms with E-state index in [1.165, 1.54) is 205 Å². The van der Waals surface area contributed by atoms with Crippen molar-refractivity contribution in [1.29, 1.82) is 0 Å².